The number of hydrogen-bond donors (Lipinski definition) is 1. The lowest BCUT2D eigenvalue weighted by molar-refractivity contribution is -0.121. The van der Waals surface area contributed by atoms with Gasteiger partial charge in [-0.05, 0) is 35.2 Å². The maximum atomic E-state index is 12.0. The van der Waals surface area contributed by atoms with Crippen LogP contribution in [0.25, 0.3) is 0 Å². The first kappa shape index (κ1) is 17.4. The third-order valence-electron chi connectivity index (χ3n) is 4.05. The second kappa shape index (κ2) is 8.58. The van der Waals surface area contributed by atoms with Gasteiger partial charge in [0.05, 0.1) is 18.2 Å². The summed E-state index contributed by atoms with van der Waals surface area (Å²) in [5.74, 6) is 0.0149. The maximum Gasteiger partial charge on any atom is 0.220 e. The van der Waals surface area contributed by atoms with Gasteiger partial charge < -0.3 is 5.32 Å². The largest absolute Gasteiger partial charge is 0.352 e. The molecular formula is C20H19N5O. The molecule has 0 saturated carbocycles. The number of hydrogen-bond acceptors (Lipinski definition) is 4. The molecule has 0 atom stereocenters. The van der Waals surface area contributed by atoms with Gasteiger partial charge in [-0.25, -0.2) is 9.67 Å². The summed E-state index contributed by atoms with van der Waals surface area (Å²) in [6, 6.07) is 17.5. The van der Waals surface area contributed by atoms with Crippen molar-refractivity contribution in [1.82, 2.24) is 20.1 Å². The lowest BCUT2D eigenvalue weighted by Gasteiger charge is -2.07. The van der Waals surface area contributed by atoms with E-state index < -0.39 is 0 Å². The maximum absolute atomic E-state index is 12.0. The van der Waals surface area contributed by atoms with Crippen molar-refractivity contribution in [3.05, 3.63) is 83.4 Å². The fraction of sp³-hybridized carbons (Fsp3) is 0.200. The van der Waals surface area contributed by atoms with Crippen LogP contribution in [0, 0.1) is 11.3 Å². The van der Waals surface area contributed by atoms with Crippen LogP contribution in [0.4, 0.5) is 0 Å². The smallest absolute Gasteiger partial charge is 0.220 e. The molecule has 3 rings (SSSR count). The lowest BCUT2D eigenvalue weighted by Crippen LogP contribution is -2.23. The zero-order valence-electron chi connectivity index (χ0n) is 14.3. The number of carbonyl (C=O) groups excluding carboxylic acids is 1. The predicted octanol–water partition coefficient (Wildman–Crippen LogP) is 2.45. The highest BCUT2D eigenvalue weighted by atomic mass is 16.1. The Labute approximate surface area is 152 Å². The number of aromatic nitrogens is 3. The van der Waals surface area contributed by atoms with Crippen molar-refractivity contribution in [2.75, 3.05) is 0 Å². The van der Waals surface area contributed by atoms with Crippen LogP contribution in [0.2, 0.25) is 0 Å². The molecule has 3 aromatic rings. The zero-order chi connectivity index (χ0) is 18.2. The Morgan fingerprint density at radius 2 is 1.73 bits per heavy atom. The van der Waals surface area contributed by atoms with E-state index in [1.54, 1.807) is 23.1 Å². The Balaban J connectivity index is 1.43. The molecule has 0 radical (unpaired) electrons. The zero-order valence-corrected chi connectivity index (χ0v) is 14.3. The van der Waals surface area contributed by atoms with E-state index in [-0.39, 0.29) is 5.91 Å². The Bertz CT molecular complexity index is 877. The van der Waals surface area contributed by atoms with Crippen LogP contribution >= 0.6 is 0 Å². The van der Waals surface area contributed by atoms with E-state index in [0.29, 0.717) is 31.5 Å². The minimum Gasteiger partial charge on any atom is -0.352 e. The van der Waals surface area contributed by atoms with Crippen molar-refractivity contribution in [3.8, 4) is 6.07 Å². The molecule has 0 aliphatic rings. The minimum absolute atomic E-state index is 0.0149. The van der Waals surface area contributed by atoms with Crippen LogP contribution < -0.4 is 5.32 Å². The van der Waals surface area contributed by atoms with Crippen LogP contribution in [0.3, 0.4) is 0 Å². The molecule has 26 heavy (non-hydrogen) atoms. The summed E-state index contributed by atoms with van der Waals surface area (Å²) in [6.07, 6.45) is 4.29. The van der Waals surface area contributed by atoms with Crippen molar-refractivity contribution in [1.29, 1.82) is 5.26 Å². The molecule has 0 bridgehead atoms. The average molecular weight is 345 g/mol. The number of nitriles is 1. The first-order valence-corrected chi connectivity index (χ1v) is 8.39. The normalized spacial score (nSPS) is 10.3. The number of nitrogens with one attached hydrogen (secondary N) is 1. The lowest BCUT2D eigenvalue weighted by atomic mass is 10.1. The topological polar surface area (TPSA) is 83.6 Å². The Morgan fingerprint density at radius 1 is 1.04 bits per heavy atom. The van der Waals surface area contributed by atoms with E-state index in [9.17, 15) is 4.79 Å². The van der Waals surface area contributed by atoms with Gasteiger partial charge >= 0.3 is 0 Å². The standard InChI is InChI=1S/C20H19N5O/c21-11-17-3-1-16(2-4-17)9-10-20(26)23-12-18-5-7-19(8-6-18)13-25-15-22-14-24-25/h1-8,14-15H,9-10,12-13H2,(H,23,26). The van der Waals surface area contributed by atoms with Gasteiger partial charge in [-0.1, -0.05) is 36.4 Å². The van der Waals surface area contributed by atoms with Crippen molar-refractivity contribution in [2.45, 2.75) is 25.9 Å². The SMILES string of the molecule is N#Cc1ccc(CCC(=O)NCc2ccc(Cn3cncn3)cc2)cc1. The van der Waals surface area contributed by atoms with E-state index in [2.05, 4.69) is 21.5 Å². The average Bonchev–Trinajstić information content (AvgIpc) is 3.19. The number of carbonyl (C=O) groups is 1. The summed E-state index contributed by atoms with van der Waals surface area (Å²) in [7, 11) is 0. The Morgan fingerprint density at radius 3 is 2.38 bits per heavy atom. The van der Waals surface area contributed by atoms with Crippen LogP contribution in [0.15, 0.2) is 61.2 Å². The first-order chi connectivity index (χ1) is 12.7. The molecule has 1 heterocycles. The molecule has 1 amide bonds. The van der Waals surface area contributed by atoms with E-state index >= 15 is 0 Å². The fourth-order valence-corrected chi connectivity index (χ4v) is 2.56. The molecule has 0 fully saturated rings. The van der Waals surface area contributed by atoms with Crippen molar-refractivity contribution in [3.63, 3.8) is 0 Å². The van der Waals surface area contributed by atoms with Gasteiger partial charge in [0.1, 0.15) is 12.7 Å². The quantitative estimate of drug-likeness (QED) is 0.713. The summed E-state index contributed by atoms with van der Waals surface area (Å²) in [6.45, 7) is 1.19. The minimum atomic E-state index is 0.0149. The first-order valence-electron chi connectivity index (χ1n) is 8.39. The van der Waals surface area contributed by atoms with Gasteiger partial charge in [0.15, 0.2) is 0 Å². The van der Waals surface area contributed by atoms with Crippen LogP contribution in [0.1, 0.15) is 28.7 Å². The summed E-state index contributed by atoms with van der Waals surface area (Å²) in [5.41, 5.74) is 3.87. The van der Waals surface area contributed by atoms with Gasteiger partial charge in [0.25, 0.3) is 0 Å². The number of benzene rings is 2. The van der Waals surface area contributed by atoms with Gasteiger partial charge in [0, 0.05) is 13.0 Å². The molecule has 1 aromatic heterocycles. The summed E-state index contributed by atoms with van der Waals surface area (Å²) in [4.78, 5) is 15.9. The van der Waals surface area contributed by atoms with Gasteiger partial charge in [-0.2, -0.15) is 10.4 Å². The summed E-state index contributed by atoms with van der Waals surface area (Å²) < 4.78 is 1.76. The molecule has 0 aliphatic carbocycles. The van der Waals surface area contributed by atoms with Gasteiger partial charge in [-0.3, -0.25) is 4.79 Å². The highest BCUT2D eigenvalue weighted by Crippen LogP contribution is 2.08. The molecule has 0 saturated heterocycles. The molecule has 2 aromatic carbocycles. The number of aryl methyl sites for hydroxylation is 1. The molecule has 0 spiro atoms. The number of nitrogens with zero attached hydrogens (tertiary/aromatic N) is 4. The third-order valence-corrected chi connectivity index (χ3v) is 4.05. The molecule has 6 nitrogen and oxygen atoms in total. The number of amides is 1. The molecule has 0 aliphatic heterocycles. The van der Waals surface area contributed by atoms with Crippen molar-refractivity contribution < 1.29 is 4.79 Å². The van der Waals surface area contributed by atoms with Crippen molar-refractivity contribution in [2.24, 2.45) is 0 Å². The van der Waals surface area contributed by atoms with Crippen LogP contribution in [-0.4, -0.2) is 20.7 Å². The van der Waals surface area contributed by atoms with E-state index in [0.717, 1.165) is 16.7 Å². The third kappa shape index (κ3) is 5.02. The predicted molar refractivity (Wildman–Crippen MR) is 96.9 cm³/mol. The van der Waals surface area contributed by atoms with Gasteiger partial charge in [-0.15, -0.1) is 0 Å². The second-order valence-corrected chi connectivity index (χ2v) is 6.00. The van der Waals surface area contributed by atoms with Crippen molar-refractivity contribution >= 4 is 5.91 Å². The monoisotopic (exact) mass is 345 g/mol. The summed E-state index contributed by atoms with van der Waals surface area (Å²) >= 11 is 0. The van der Waals surface area contributed by atoms with Crippen LogP contribution in [0.5, 0.6) is 0 Å². The van der Waals surface area contributed by atoms with E-state index in [1.165, 1.54) is 6.33 Å². The highest BCUT2D eigenvalue weighted by molar-refractivity contribution is 5.76. The molecular weight excluding hydrogens is 326 g/mol. The Hall–Kier alpha value is -3.46. The highest BCUT2D eigenvalue weighted by Gasteiger charge is 2.03. The molecule has 1 N–H and O–H groups in total. The fourth-order valence-electron chi connectivity index (χ4n) is 2.56. The molecule has 6 heteroatoms. The van der Waals surface area contributed by atoms with E-state index in [4.69, 9.17) is 5.26 Å². The van der Waals surface area contributed by atoms with Crippen LogP contribution in [-0.2, 0) is 24.3 Å². The summed E-state index contributed by atoms with van der Waals surface area (Å²) in [5, 5.41) is 15.8. The van der Waals surface area contributed by atoms with Gasteiger partial charge in [0.2, 0.25) is 5.91 Å². The molecule has 0 unspecified atom stereocenters. The Kier molecular flexibility index (Phi) is 5.73. The molecule has 130 valence electrons. The number of rotatable bonds is 7. The van der Waals surface area contributed by atoms with E-state index in [1.807, 2.05) is 36.4 Å². The second-order valence-electron chi connectivity index (χ2n) is 6.00.